The molecule has 19 heavy (non-hydrogen) atoms. The third kappa shape index (κ3) is 3.67. The fraction of sp³-hybridized carbons (Fsp3) is 0.333. The van der Waals surface area contributed by atoms with Crippen LogP contribution in [0.2, 0.25) is 0 Å². The Morgan fingerprint density at radius 2 is 1.95 bits per heavy atom. The molecular formula is C15H17ClN2O. The molecule has 0 spiro atoms. The van der Waals surface area contributed by atoms with Crippen LogP contribution in [0, 0.1) is 0 Å². The number of aromatic nitrogens is 2. The summed E-state index contributed by atoms with van der Waals surface area (Å²) < 4.78 is 5.66. The molecular weight excluding hydrogens is 260 g/mol. The third-order valence-corrected chi connectivity index (χ3v) is 3.36. The van der Waals surface area contributed by atoms with Crippen molar-refractivity contribution in [2.24, 2.45) is 0 Å². The monoisotopic (exact) mass is 276 g/mol. The highest BCUT2D eigenvalue weighted by Crippen LogP contribution is 2.24. The van der Waals surface area contributed by atoms with Crippen LogP contribution in [-0.2, 0) is 5.88 Å². The summed E-state index contributed by atoms with van der Waals surface area (Å²) in [6, 6.07) is 8.08. The van der Waals surface area contributed by atoms with E-state index >= 15 is 0 Å². The zero-order valence-electron chi connectivity index (χ0n) is 11.1. The van der Waals surface area contributed by atoms with Crippen molar-refractivity contribution in [1.82, 2.24) is 9.97 Å². The van der Waals surface area contributed by atoms with E-state index in [1.165, 1.54) is 5.56 Å². The number of alkyl halides is 1. The Balaban J connectivity index is 2.10. The molecule has 1 heterocycles. The van der Waals surface area contributed by atoms with Crippen LogP contribution in [0.15, 0.2) is 36.7 Å². The van der Waals surface area contributed by atoms with Crippen molar-refractivity contribution < 1.29 is 4.74 Å². The fourth-order valence-corrected chi connectivity index (χ4v) is 1.85. The van der Waals surface area contributed by atoms with Crippen LogP contribution in [0.5, 0.6) is 11.6 Å². The summed E-state index contributed by atoms with van der Waals surface area (Å²) in [6.45, 7) is 4.40. The number of hydrogen-bond donors (Lipinski definition) is 0. The molecule has 1 unspecified atom stereocenters. The highest BCUT2D eigenvalue weighted by molar-refractivity contribution is 6.16. The predicted molar refractivity (Wildman–Crippen MR) is 76.8 cm³/mol. The van der Waals surface area contributed by atoms with Crippen molar-refractivity contribution in [1.29, 1.82) is 0 Å². The smallest absolute Gasteiger partial charge is 0.238 e. The number of ether oxygens (including phenoxy) is 1. The normalized spacial score (nSPS) is 12.2. The number of halogens is 1. The molecule has 3 nitrogen and oxygen atoms in total. The van der Waals surface area contributed by atoms with E-state index in [2.05, 4.69) is 35.9 Å². The predicted octanol–water partition coefficient (Wildman–Crippen LogP) is 4.52. The van der Waals surface area contributed by atoms with E-state index in [0.29, 0.717) is 23.4 Å². The largest absolute Gasteiger partial charge is 0.437 e. The maximum absolute atomic E-state index is 5.72. The van der Waals surface area contributed by atoms with Gasteiger partial charge in [-0.05, 0) is 30.0 Å². The minimum Gasteiger partial charge on any atom is -0.437 e. The van der Waals surface area contributed by atoms with Gasteiger partial charge in [0.2, 0.25) is 5.88 Å². The van der Waals surface area contributed by atoms with Crippen LogP contribution in [-0.4, -0.2) is 9.97 Å². The number of nitrogens with zero attached hydrogens (tertiary/aromatic N) is 2. The van der Waals surface area contributed by atoms with E-state index in [4.69, 9.17) is 16.3 Å². The van der Waals surface area contributed by atoms with Crippen LogP contribution in [0.25, 0.3) is 0 Å². The van der Waals surface area contributed by atoms with Crippen LogP contribution in [0.4, 0.5) is 0 Å². The molecule has 4 heteroatoms. The summed E-state index contributed by atoms with van der Waals surface area (Å²) in [6.07, 6.45) is 4.34. The van der Waals surface area contributed by atoms with Crippen molar-refractivity contribution in [3.8, 4) is 11.6 Å². The van der Waals surface area contributed by atoms with Gasteiger partial charge in [0.25, 0.3) is 0 Å². The Hall–Kier alpha value is -1.61. The third-order valence-electron chi connectivity index (χ3n) is 3.08. The summed E-state index contributed by atoms with van der Waals surface area (Å²) in [5.41, 5.74) is 2.02. The molecule has 1 atom stereocenters. The first kappa shape index (κ1) is 13.8. The molecule has 0 aliphatic rings. The fourth-order valence-electron chi connectivity index (χ4n) is 1.72. The summed E-state index contributed by atoms with van der Waals surface area (Å²) in [4.78, 5) is 8.28. The van der Waals surface area contributed by atoms with Gasteiger partial charge in [-0.1, -0.05) is 26.0 Å². The highest BCUT2D eigenvalue weighted by Gasteiger charge is 2.04. The first-order valence-corrected chi connectivity index (χ1v) is 6.91. The van der Waals surface area contributed by atoms with Crippen molar-refractivity contribution in [3.63, 3.8) is 0 Å². The summed E-state index contributed by atoms with van der Waals surface area (Å²) >= 11 is 5.72. The van der Waals surface area contributed by atoms with Crippen LogP contribution < -0.4 is 4.74 Å². The Bertz CT molecular complexity index is 528. The summed E-state index contributed by atoms with van der Waals surface area (Å²) in [5, 5.41) is 0. The zero-order valence-corrected chi connectivity index (χ0v) is 11.9. The van der Waals surface area contributed by atoms with Gasteiger partial charge in [0.15, 0.2) is 0 Å². The second kappa shape index (κ2) is 6.53. The maximum atomic E-state index is 5.72. The molecule has 0 aliphatic carbocycles. The molecule has 0 aliphatic heterocycles. The van der Waals surface area contributed by atoms with E-state index in [-0.39, 0.29) is 0 Å². The minimum absolute atomic E-state index is 0.331. The highest BCUT2D eigenvalue weighted by atomic mass is 35.5. The van der Waals surface area contributed by atoms with Gasteiger partial charge >= 0.3 is 0 Å². The molecule has 0 saturated carbocycles. The molecule has 1 aromatic heterocycles. The second-order valence-electron chi connectivity index (χ2n) is 4.46. The molecule has 2 aromatic rings. The van der Waals surface area contributed by atoms with Crippen LogP contribution in [0.1, 0.15) is 37.4 Å². The van der Waals surface area contributed by atoms with E-state index in [1.54, 1.807) is 12.4 Å². The van der Waals surface area contributed by atoms with E-state index in [9.17, 15) is 0 Å². The van der Waals surface area contributed by atoms with Gasteiger partial charge < -0.3 is 4.74 Å². The van der Waals surface area contributed by atoms with Crippen molar-refractivity contribution in [2.45, 2.75) is 32.1 Å². The van der Waals surface area contributed by atoms with Gasteiger partial charge in [-0.15, -0.1) is 11.6 Å². The first-order valence-electron chi connectivity index (χ1n) is 6.37. The molecule has 0 fully saturated rings. The Labute approximate surface area is 118 Å². The number of benzene rings is 1. The lowest BCUT2D eigenvalue weighted by atomic mass is 9.99. The molecule has 2 rings (SSSR count). The molecule has 0 saturated heterocycles. The Morgan fingerprint density at radius 1 is 1.21 bits per heavy atom. The second-order valence-corrected chi connectivity index (χ2v) is 4.73. The molecule has 0 amide bonds. The standard InChI is InChI=1S/C15H17ClN2O/c1-3-11(2)12-4-6-14(7-5-12)19-15-10-17-9-13(8-16)18-15/h4-7,9-11H,3,8H2,1-2H3. The summed E-state index contributed by atoms with van der Waals surface area (Å²) in [7, 11) is 0. The van der Waals surface area contributed by atoms with Crippen LogP contribution in [0.3, 0.4) is 0 Å². The topological polar surface area (TPSA) is 35.0 Å². The lowest BCUT2D eigenvalue weighted by Crippen LogP contribution is -1.94. The lowest BCUT2D eigenvalue weighted by molar-refractivity contribution is 0.458. The lowest BCUT2D eigenvalue weighted by Gasteiger charge is -2.10. The SMILES string of the molecule is CCC(C)c1ccc(Oc2cncc(CCl)n2)cc1. The first-order chi connectivity index (χ1) is 9.22. The van der Waals surface area contributed by atoms with Crippen molar-refractivity contribution in [3.05, 3.63) is 47.9 Å². The van der Waals surface area contributed by atoms with E-state index < -0.39 is 0 Å². The molecule has 0 bridgehead atoms. The molecule has 1 aromatic carbocycles. The van der Waals surface area contributed by atoms with E-state index in [0.717, 1.165) is 12.2 Å². The average molecular weight is 277 g/mol. The van der Waals surface area contributed by atoms with Crippen molar-refractivity contribution >= 4 is 11.6 Å². The number of rotatable bonds is 5. The van der Waals surface area contributed by atoms with Gasteiger partial charge in [0.05, 0.1) is 17.8 Å². The molecule has 100 valence electrons. The van der Waals surface area contributed by atoms with Crippen LogP contribution >= 0.6 is 11.6 Å². The van der Waals surface area contributed by atoms with Gasteiger partial charge in [0.1, 0.15) is 5.75 Å². The minimum atomic E-state index is 0.331. The van der Waals surface area contributed by atoms with Gasteiger partial charge in [-0.3, -0.25) is 4.98 Å². The van der Waals surface area contributed by atoms with E-state index in [1.807, 2.05) is 12.1 Å². The number of hydrogen-bond acceptors (Lipinski definition) is 3. The van der Waals surface area contributed by atoms with Gasteiger partial charge in [-0.2, -0.15) is 0 Å². The Kier molecular flexibility index (Phi) is 4.74. The average Bonchev–Trinajstić information content (AvgIpc) is 2.47. The molecule has 0 radical (unpaired) electrons. The quantitative estimate of drug-likeness (QED) is 0.753. The van der Waals surface area contributed by atoms with Gasteiger partial charge in [-0.25, -0.2) is 4.98 Å². The zero-order chi connectivity index (χ0) is 13.7. The molecule has 0 N–H and O–H groups in total. The maximum Gasteiger partial charge on any atom is 0.238 e. The Morgan fingerprint density at radius 3 is 2.58 bits per heavy atom. The van der Waals surface area contributed by atoms with Crippen molar-refractivity contribution in [2.75, 3.05) is 0 Å². The summed E-state index contributed by atoms with van der Waals surface area (Å²) in [5.74, 6) is 2.12. The van der Waals surface area contributed by atoms with Gasteiger partial charge in [0, 0.05) is 6.20 Å².